The van der Waals surface area contributed by atoms with E-state index in [0.717, 1.165) is 32.1 Å². The third kappa shape index (κ3) is 6.27. The average molecular weight is 252 g/mol. The molecule has 0 amide bonds. The molecule has 102 valence electrons. The second-order valence-electron chi connectivity index (χ2n) is 4.85. The Balaban J connectivity index is 2.25. The minimum Gasteiger partial charge on any atom is -0.317 e. The van der Waals surface area contributed by atoms with E-state index in [1.54, 1.807) is 4.90 Å². The summed E-state index contributed by atoms with van der Waals surface area (Å²) in [5.74, 6) is 0. The molecule has 1 fully saturated rings. The molecule has 0 aromatic heterocycles. The zero-order chi connectivity index (χ0) is 12.9. The maximum atomic E-state index is 12.4. The van der Waals surface area contributed by atoms with Gasteiger partial charge in [0.25, 0.3) is 0 Å². The van der Waals surface area contributed by atoms with E-state index in [1.165, 1.54) is 0 Å². The zero-order valence-corrected chi connectivity index (χ0v) is 10.7. The van der Waals surface area contributed by atoms with Gasteiger partial charge in [0.05, 0.1) is 6.54 Å². The lowest BCUT2D eigenvalue weighted by atomic mass is 10.1. The highest BCUT2D eigenvalue weighted by Crippen LogP contribution is 2.30. The van der Waals surface area contributed by atoms with Crippen molar-refractivity contribution in [2.24, 2.45) is 0 Å². The highest BCUT2D eigenvalue weighted by molar-refractivity contribution is 4.85. The molecule has 0 radical (unpaired) electrons. The van der Waals surface area contributed by atoms with Crippen LogP contribution in [0.1, 0.15) is 39.0 Å². The summed E-state index contributed by atoms with van der Waals surface area (Å²) in [6.07, 6.45) is 0.619. The van der Waals surface area contributed by atoms with Crippen molar-refractivity contribution in [1.29, 1.82) is 0 Å². The van der Waals surface area contributed by atoms with Gasteiger partial charge in [-0.25, -0.2) is 0 Å². The van der Waals surface area contributed by atoms with Crippen LogP contribution < -0.4 is 5.32 Å². The fourth-order valence-corrected chi connectivity index (χ4v) is 2.15. The summed E-state index contributed by atoms with van der Waals surface area (Å²) in [5.41, 5.74) is 0. The van der Waals surface area contributed by atoms with Gasteiger partial charge in [0.15, 0.2) is 0 Å². The predicted octanol–water partition coefficient (Wildman–Crippen LogP) is 2.79. The molecule has 1 aliphatic rings. The van der Waals surface area contributed by atoms with E-state index in [2.05, 4.69) is 12.2 Å². The van der Waals surface area contributed by atoms with Crippen LogP contribution in [0.3, 0.4) is 0 Å². The van der Waals surface area contributed by atoms with Gasteiger partial charge in [-0.1, -0.05) is 6.92 Å². The second-order valence-corrected chi connectivity index (χ2v) is 4.85. The first-order valence-corrected chi connectivity index (χ1v) is 6.44. The smallest absolute Gasteiger partial charge is 0.317 e. The van der Waals surface area contributed by atoms with Gasteiger partial charge in [-0.05, 0) is 45.7 Å². The fourth-order valence-electron chi connectivity index (χ4n) is 2.15. The van der Waals surface area contributed by atoms with Crippen LogP contribution in [0, 0.1) is 0 Å². The van der Waals surface area contributed by atoms with Crippen LogP contribution in [-0.4, -0.2) is 43.3 Å². The third-order valence-corrected chi connectivity index (χ3v) is 3.34. The van der Waals surface area contributed by atoms with Crippen molar-refractivity contribution >= 4 is 0 Å². The summed E-state index contributed by atoms with van der Waals surface area (Å²) in [4.78, 5) is 1.60. The van der Waals surface area contributed by atoms with Gasteiger partial charge < -0.3 is 5.32 Å². The van der Waals surface area contributed by atoms with E-state index >= 15 is 0 Å². The maximum Gasteiger partial charge on any atom is 0.401 e. The van der Waals surface area contributed by atoms with Crippen molar-refractivity contribution in [3.05, 3.63) is 0 Å². The summed E-state index contributed by atoms with van der Waals surface area (Å²) in [7, 11) is 1.91. The first-order valence-electron chi connectivity index (χ1n) is 6.44. The van der Waals surface area contributed by atoms with Crippen LogP contribution >= 0.6 is 0 Å². The maximum absolute atomic E-state index is 12.4. The van der Waals surface area contributed by atoms with E-state index in [9.17, 15) is 13.2 Å². The highest BCUT2D eigenvalue weighted by Gasteiger charge is 2.37. The van der Waals surface area contributed by atoms with Crippen LogP contribution in [0.25, 0.3) is 0 Å². The van der Waals surface area contributed by atoms with Gasteiger partial charge in [-0.15, -0.1) is 0 Å². The van der Waals surface area contributed by atoms with Crippen LogP contribution in [0.2, 0.25) is 0 Å². The SMILES string of the molecule is CCC(CCCN(CC(F)(F)F)C1CC1)NC. The fraction of sp³-hybridized carbons (Fsp3) is 1.00. The van der Waals surface area contributed by atoms with Crippen LogP contribution in [0.4, 0.5) is 13.2 Å². The van der Waals surface area contributed by atoms with Gasteiger partial charge in [-0.2, -0.15) is 13.2 Å². The number of halogens is 3. The number of nitrogens with one attached hydrogen (secondary N) is 1. The minimum absolute atomic E-state index is 0.186. The summed E-state index contributed by atoms with van der Waals surface area (Å²) < 4.78 is 37.1. The zero-order valence-electron chi connectivity index (χ0n) is 10.7. The van der Waals surface area contributed by atoms with E-state index in [0.29, 0.717) is 12.6 Å². The van der Waals surface area contributed by atoms with Crippen LogP contribution in [0.15, 0.2) is 0 Å². The van der Waals surface area contributed by atoms with E-state index in [-0.39, 0.29) is 6.04 Å². The number of rotatable bonds is 8. The number of alkyl halides is 3. The Morgan fingerprint density at radius 3 is 2.41 bits per heavy atom. The quantitative estimate of drug-likeness (QED) is 0.714. The number of hydrogen-bond donors (Lipinski definition) is 1. The molecule has 0 spiro atoms. The third-order valence-electron chi connectivity index (χ3n) is 3.34. The Labute approximate surface area is 102 Å². The first kappa shape index (κ1) is 14.8. The molecule has 0 bridgehead atoms. The van der Waals surface area contributed by atoms with Crippen molar-refractivity contribution < 1.29 is 13.2 Å². The van der Waals surface area contributed by atoms with E-state index in [1.807, 2.05) is 7.05 Å². The topological polar surface area (TPSA) is 15.3 Å². The van der Waals surface area contributed by atoms with Crippen molar-refractivity contribution in [2.45, 2.75) is 57.3 Å². The number of nitrogens with zero attached hydrogens (tertiary/aromatic N) is 1. The molecule has 1 saturated carbocycles. The first-order chi connectivity index (χ1) is 7.96. The lowest BCUT2D eigenvalue weighted by Crippen LogP contribution is -2.37. The molecule has 1 atom stereocenters. The molecule has 0 saturated heterocycles. The molecule has 0 aromatic carbocycles. The Bertz CT molecular complexity index is 210. The lowest BCUT2D eigenvalue weighted by molar-refractivity contribution is -0.147. The van der Waals surface area contributed by atoms with Crippen molar-refractivity contribution in [3.8, 4) is 0 Å². The van der Waals surface area contributed by atoms with Gasteiger partial charge >= 0.3 is 6.18 Å². The summed E-state index contributed by atoms with van der Waals surface area (Å²) in [6, 6.07) is 0.619. The lowest BCUT2D eigenvalue weighted by Gasteiger charge is -2.24. The molecule has 0 aliphatic heterocycles. The molecular weight excluding hydrogens is 229 g/mol. The summed E-state index contributed by atoms with van der Waals surface area (Å²) >= 11 is 0. The van der Waals surface area contributed by atoms with E-state index < -0.39 is 12.7 Å². The van der Waals surface area contributed by atoms with Crippen molar-refractivity contribution in [1.82, 2.24) is 10.2 Å². The van der Waals surface area contributed by atoms with Gasteiger partial charge in [0.2, 0.25) is 0 Å². The average Bonchev–Trinajstić information content (AvgIpc) is 3.04. The molecule has 17 heavy (non-hydrogen) atoms. The summed E-state index contributed by atoms with van der Waals surface area (Å²) in [6.45, 7) is 1.92. The van der Waals surface area contributed by atoms with Crippen molar-refractivity contribution in [3.63, 3.8) is 0 Å². The Kier molecular flexibility index (Phi) is 5.73. The van der Waals surface area contributed by atoms with Gasteiger partial charge in [-0.3, -0.25) is 4.90 Å². The highest BCUT2D eigenvalue weighted by atomic mass is 19.4. The van der Waals surface area contributed by atoms with E-state index in [4.69, 9.17) is 0 Å². The molecule has 1 rings (SSSR count). The van der Waals surface area contributed by atoms with Crippen molar-refractivity contribution in [2.75, 3.05) is 20.1 Å². The normalized spacial score (nSPS) is 18.7. The molecule has 1 N–H and O–H groups in total. The molecule has 1 aliphatic carbocycles. The van der Waals surface area contributed by atoms with Gasteiger partial charge in [0, 0.05) is 12.1 Å². The monoisotopic (exact) mass is 252 g/mol. The Morgan fingerprint density at radius 2 is 2.00 bits per heavy atom. The molecular formula is C12H23F3N2. The van der Waals surface area contributed by atoms with Gasteiger partial charge in [0.1, 0.15) is 0 Å². The Hall–Kier alpha value is -0.290. The second kappa shape index (κ2) is 6.59. The minimum atomic E-state index is -4.06. The standard InChI is InChI=1S/C12H23F3N2/c1-3-10(16-2)5-4-8-17(11-6-7-11)9-12(13,14)15/h10-11,16H,3-9H2,1-2H3. The van der Waals surface area contributed by atoms with Crippen LogP contribution in [-0.2, 0) is 0 Å². The molecule has 5 heteroatoms. The number of hydrogen-bond acceptors (Lipinski definition) is 2. The predicted molar refractivity (Wildman–Crippen MR) is 63.0 cm³/mol. The summed E-state index contributed by atoms with van der Waals surface area (Å²) in [5, 5.41) is 3.18. The molecule has 0 aromatic rings. The largest absolute Gasteiger partial charge is 0.401 e. The van der Waals surface area contributed by atoms with Crippen LogP contribution in [0.5, 0.6) is 0 Å². The molecule has 0 heterocycles. The Morgan fingerprint density at radius 1 is 1.35 bits per heavy atom. The molecule has 2 nitrogen and oxygen atoms in total. The molecule has 1 unspecified atom stereocenters.